The van der Waals surface area contributed by atoms with Crippen LogP contribution in [0.1, 0.15) is 44.9 Å². The zero-order valence-corrected chi connectivity index (χ0v) is 15.0. The van der Waals surface area contributed by atoms with E-state index in [2.05, 4.69) is 15.3 Å². The fourth-order valence-corrected chi connectivity index (χ4v) is 3.87. The van der Waals surface area contributed by atoms with Crippen molar-refractivity contribution in [2.45, 2.75) is 51.0 Å². The van der Waals surface area contributed by atoms with E-state index >= 15 is 0 Å². The summed E-state index contributed by atoms with van der Waals surface area (Å²) in [6.07, 6.45) is 11.1. The van der Waals surface area contributed by atoms with Gasteiger partial charge in [-0.25, -0.2) is 4.68 Å². The SMILES string of the molecule is O=C(C1CCCCC1)N1CCC(Oc2ccc(-n3cccn3)nn2)CC1. The van der Waals surface area contributed by atoms with E-state index < -0.39 is 0 Å². The molecule has 2 aromatic heterocycles. The van der Waals surface area contributed by atoms with Crippen molar-refractivity contribution in [2.24, 2.45) is 5.92 Å². The summed E-state index contributed by atoms with van der Waals surface area (Å²) in [7, 11) is 0. The van der Waals surface area contributed by atoms with Gasteiger partial charge in [-0.3, -0.25) is 4.79 Å². The van der Waals surface area contributed by atoms with Gasteiger partial charge in [0.1, 0.15) is 6.10 Å². The van der Waals surface area contributed by atoms with Crippen LogP contribution in [0.2, 0.25) is 0 Å². The molecule has 1 saturated heterocycles. The predicted molar refractivity (Wildman–Crippen MR) is 96.0 cm³/mol. The van der Waals surface area contributed by atoms with Crippen LogP contribution in [0.15, 0.2) is 30.6 Å². The molecule has 0 N–H and O–H groups in total. The van der Waals surface area contributed by atoms with Crippen molar-refractivity contribution < 1.29 is 9.53 Å². The quantitative estimate of drug-likeness (QED) is 0.843. The van der Waals surface area contributed by atoms with Crippen molar-refractivity contribution in [1.82, 2.24) is 24.9 Å². The van der Waals surface area contributed by atoms with Gasteiger partial charge >= 0.3 is 0 Å². The second kappa shape index (κ2) is 7.85. The van der Waals surface area contributed by atoms with Crippen LogP contribution in [0.25, 0.3) is 5.82 Å². The lowest BCUT2D eigenvalue weighted by Gasteiger charge is -2.35. The number of rotatable bonds is 4. The molecule has 0 unspecified atom stereocenters. The van der Waals surface area contributed by atoms with Crippen molar-refractivity contribution in [1.29, 1.82) is 0 Å². The molecule has 0 aromatic carbocycles. The summed E-state index contributed by atoms with van der Waals surface area (Å²) >= 11 is 0. The first-order chi connectivity index (χ1) is 12.8. The molecule has 0 bridgehead atoms. The van der Waals surface area contributed by atoms with Gasteiger partial charge in [0, 0.05) is 50.3 Å². The molecule has 7 heteroatoms. The lowest BCUT2D eigenvalue weighted by molar-refractivity contribution is -0.138. The molecule has 2 fully saturated rings. The summed E-state index contributed by atoms with van der Waals surface area (Å²) in [6, 6.07) is 5.51. The summed E-state index contributed by atoms with van der Waals surface area (Å²) in [5.41, 5.74) is 0. The van der Waals surface area contributed by atoms with Crippen LogP contribution in [0.4, 0.5) is 0 Å². The first kappa shape index (κ1) is 17.0. The van der Waals surface area contributed by atoms with Gasteiger partial charge in [0.25, 0.3) is 0 Å². The van der Waals surface area contributed by atoms with Gasteiger partial charge in [0.05, 0.1) is 0 Å². The fraction of sp³-hybridized carbons (Fsp3) is 0.579. The second-order valence-electron chi connectivity index (χ2n) is 7.16. The Hall–Kier alpha value is -2.44. The van der Waals surface area contributed by atoms with Crippen molar-refractivity contribution in [2.75, 3.05) is 13.1 Å². The van der Waals surface area contributed by atoms with E-state index in [4.69, 9.17) is 4.74 Å². The standard InChI is InChI=1S/C19H25N5O2/c25-19(15-5-2-1-3-6-15)23-13-9-16(10-14-23)26-18-8-7-17(21-22-18)24-12-4-11-20-24/h4,7-8,11-12,15-16H,1-3,5-6,9-10,13-14H2. The highest BCUT2D eigenvalue weighted by molar-refractivity contribution is 5.79. The molecule has 4 rings (SSSR count). The van der Waals surface area contributed by atoms with Gasteiger partial charge in [-0.1, -0.05) is 19.3 Å². The third kappa shape index (κ3) is 3.86. The second-order valence-corrected chi connectivity index (χ2v) is 7.16. The average molecular weight is 355 g/mol. The Balaban J connectivity index is 1.27. The van der Waals surface area contributed by atoms with Gasteiger partial charge in [-0.2, -0.15) is 5.10 Å². The van der Waals surface area contributed by atoms with Crippen LogP contribution in [0.3, 0.4) is 0 Å². The van der Waals surface area contributed by atoms with E-state index in [-0.39, 0.29) is 12.0 Å². The smallest absolute Gasteiger partial charge is 0.233 e. The van der Waals surface area contributed by atoms with Crippen LogP contribution >= 0.6 is 0 Å². The number of hydrogen-bond acceptors (Lipinski definition) is 5. The maximum absolute atomic E-state index is 12.6. The number of carbonyl (C=O) groups is 1. The largest absolute Gasteiger partial charge is 0.473 e. The maximum atomic E-state index is 12.6. The highest BCUT2D eigenvalue weighted by Crippen LogP contribution is 2.27. The summed E-state index contributed by atoms with van der Waals surface area (Å²) in [5, 5.41) is 12.4. The average Bonchev–Trinajstić information content (AvgIpc) is 3.24. The van der Waals surface area contributed by atoms with Crippen LogP contribution < -0.4 is 4.74 Å². The number of carbonyl (C=O) groups excluding carboxylic acids is 1. The fourth-order valence-electron chi connectivity index (χ4n) is 3.87. The Morgan fingerprint density at radius 3 is 2.50 bits per heavy atom. The molecule has 7 nitrogen and oxygen atoms in total. The molecule has 2 aromatic rings. The molecular formula is C19H25N5O2. The summed E-state index contributed by atoms with van der Waals surface area (Å²) < 4.78 is 7.62. The number of nitrogens with zero attached hydrogens (tertiary/aromatic N) is 5. The number of likely N-dealkylation sites (tertiary alicyclic amines) is 1. The molecule has 0 radical (unpaired) electrons. The summed E-state index contributed by atoms with van der Waals surface area (Å²) in [5.74, 6) is 1.79. The van der Waals surface area contributed by atoms with E-state index in [1.165, 1.54) is 19.3 Å². The Morgan fingerprint density at radius 2 is 1.85 bits per heavy atom. The van der Waals surface area contributed by atoms with E-state index in [1.54, 1.807) is 10.9 Å². The zero-order chi connectivity index (χ0) is 17.8. The van der Waals surface area contributed by atoms with Crippen molar-refractivity contribution >= 4 is 5.91 Å². The van der Waals surface area contributed by atoms with E-state index in [9.17, 15) is 4.79 Å². The van der Waals surface area contributed by atoms with Gasteiger partial charge in [0.2, 0.25) is 11.8 Å². The molecule has 138 valence electrons. The normalized spacial score (nSPS) is 19.5. The van der Waals surface area contributed by atoms with Gasteiger partial charge < -0.3 is 9.64 Å². The third-order valence-electron chi connectivity index (χ3n) is 5.36. The highest BCUT2D eigenvalue weighted by atomic mass is 16.5. The van der Waals surface area contributed by atoms with Crippen LogP contribution in [0, 0.1) is 5.92 Å². The van der Waals surface area contributed by atoms with Crippen LogP contribution in [-0.2, 0) is 4.79 Å². The van der Waals surface area contributed by atoms with Gasteiger partial charge in [0.15, 0.2) is 5.82 Å². The molecule has 1 saturated carbocycles. The molecule has 1 aliphatic carbocycles. The zero-order valence-electron chi connectivity index (χ0n) is 15.0. The summed E-state index contributed by atoms with van der Waals surface area (Å²) in [4.78, 5) is 14.7. The lowest BCUT2D eigenvalue weighted by Crippen LogP contribution is -2.44. The minimum atomic E-state index is 0.0928. The van der Waals surface area contributed by atoms with E-state index in [0.29, 0.717) is 17.6 Å². The molecular weight excluding hydrogens is 330 g/mol. The van der Waals surface area contributed by atoms with Crippen LogP contribution in [-0.4, -0.2) is 50.0 Å². The van der Waals surface area contributed by atoms with Crippen molar-refractivity contribution in [3.8, 4) is 11.7 Å². The van der Waals surface area contributed by atoms with Crippen molar-refractivity contribution in [3.63, 3.8) is 0 Å². The molecule has 3 heterocycles. The Labute approximate surface area is 153 Å². The lowest BCUT2D eigenvalue weighted by atomic mass is 9.88. The molecule has 0 atom stereocenters. The first-order valence-corrected chi connectivity index (χ1v) is 9.59. The summed E-state index contributed by atoms with van der Waals surface area (Å²) in [6.45, 7) is 1.55. The Bertz CT molecular complexity index is 702. The van der Waals surface area contributed by atoms with E-state index in [0.717, 1.165) is 38.8 Å². The monoisotopic (exact) mass is 355 g/mol. The maximum Gasteiger partial charge on any atom is 0.233 e. The number of hydrogen-bond donors (Lipinski definition) is 0. The van der Waals surface area contributed by atoms with Crippen LogP contribution in [0.5, 0.6) is 5.88 Å². The molecule has 1 amide bonds. The van der Waals surface area contributed by atoms with Gasteiger partial charge in [-0.15, -0.1) is 10.2 Å². The minimum absolute atomic E-state index is 0.0928. The Morgan fingerprint density at radius 1 is 1.04 bits per heavy atom. The van der Waals surface area contributed by atoms with E-state index in [1.807, 2.05) is 29.3 Å². The number of ether oxygens (including phenoxy) is 1. The molecule has 1 aliphatic heterocycles. The highest BCUT2D eigenvalue weighted by Gasteiger charge is 2.29. The Kier molecular flexibility index (Phi) is 5.13. The molecule has 26 heavy (non-hydrogen) atoms. The van der Waals surface area contributed by atoms with Gasteiger partial charge in [-0.05, 0) is 25.0 Å². The number of amides is 1. The first-order valence-electron chi connectivity index (χ1n) is 9.59. The topological polar surface area (TPSA) is 73.1 Å². The molecule has 2 aliphatic rings. The number of aromatic nitrogens is 4. The molecule has 0 spiro atoms. The predicted octanol–water partition coefficient (Wildman–Crippen LogP) is 2.61. The third-order valence-corrected chi connectivity index (χ3v) is 5.36. The van der Waals surface area contributed by atoms with Crippen molar-refractivity contribution in [3.05, 3.63) is 30.6 Å². The minimum Gasteiger partial charge on any atom is -0.473 e. The number of piperidine rings is 1.